The van der Waals surface area contributed by atoms with E-state index in [9.17, 15) is 9.59 Å². The molecule has 2 rings (SSSR count). The summed E-state index contributed by atoms with van der Waals surface area (Å²) in [5, 5.41) is 5.87. The highest BCUT2D eigenvalue weighted by molar-refractivity contribution is 9.10. The molecule has 0 aromatic carbocycles. The zero-order valence-corrected chi connectivity index (χ0v) is 10.0. The molecule has 1 aliphatic heterocycles. The number of nitrogens with one attached hydrogen (secondary N) is 3. The number of piperidine rings is 1. The van der Waals surface area contributed by atoms with Crippen LogP contribution < -0.4 is 16.2 Å². The Balaban J connectivity index is 2.07. The molecule has 0 aliphatic carbocycles. The van der Waals surface area contributed by atoms with Crippen molar-refractivity contribution in [2.24, 2.45) is 0 Å². The lowest BCUT2D eigenvalue weighted by Crippen LogP contribution is -2.42. The van der Waals surface area contributed by atoms with E-state index in [0.29, 0.717) is 23.3 Å². The molecule has 7 heteroatoms. The van der Waals surface area contributed by atoms with Crippen molar-refractivity contribution in [1.29, 1.82) is 0 Å². The van der Waals surface area contributed by atoms with Gasteiger partial charge < -0.3 is 15.6 Å². The first kappa shape index (κ1) is 11.1. The van der Waals surface area contributed by atoms with Crippen LogP contribution in [-0.4, -0.2) is 28.5 Å². The first-order valence-electron chi connectivity index (χ1n) is 4.93. The number of H-pyrrole nitrogens is 1. The van der Waals surface area contributed by atoms with Crippen LogP contribution in [0, 0.1) is 0 Å². The molecule has 1 unspecified atom stereocenters. The molecule has 0 saturated carbocycles. The van der Waals surface area contributed by atoms with Gasteiger partial charge in [-0.1, -0.05) is 0 Å². The van der Waals surface area contributed by atoms with E-state index in [4.69, 9.17) is 0 Å². The third-order valence-electron chi connectivity index (χ3n) is 2.40. The van der Waals surface area contributed by atoms with E-state index in [2.05, 4.69) is 36.5 Å². The van der Waals surface area contributed by atoms with Crippen molar-refractivity contribution in [3.05, 3.63) is 21.2 Å². The number of aromatic amines is 1. The average Bonchev–Trinajstić information content (AvgIpc) is 2.28. The van der Waals surface area contributed by atoms with Crippen molar-refractivity contribution in [3.8, 4) is 0 Å². The number of nitrogens with zero attached hydrogens (tertiary/aromatic N) is 1. The van der Waals surface area contributed by atoms with Crippen LogP contribution in [0.25, 0.3) is 0 Å². The molecule has 6 nitrogen and oxygen atoms in total. The molecule has 1 aromatic rings. The Hall–Kier alpha value is -1.37. The number of aromatic nitrogens is 2. The Morgan fingerprint density at radius 2 is 2.31 bits per heavy atom. The molecule has 3 N–H and O–H groups in total. The Morgan fingerprint density at radius 3 is 3.00 bits per heavy atom. The Labute approximate surface area is 100.0 Å². The van der Waals surface area contributed by atoms with E-state index in [1.54, 1.807) is 0 Å². The summed E-state index contributed by atoms with van der Waals surface area (Å²) in [5.74, 6) is 0.570. The maximum Gasteiger partial charge on any atom is 0.267 e. The van der Waals surface area contributed by atoms with E-state index >= 15 is 0 Å². The summed E-state index contributed by atoms with van der Waals surface area (Å²) in [6, 6.07) is 0.114. The summed E-state index contributed by atoms with van der Waals surface area (Å²) in [6.45, 7) is 0.555. The van der Waals surface area contributed by atoms with Crippen LogP contribution in [0.15, 0.2) is 15.6 Å². The van der Waals surface area contributed by atoms with Gasteiger partial charge in [-0.05, 0) is 22.4 Å². The SMILES string of the molecule is O=C1CCC(Nc2nc[nH]c(=O)c2Br)CN1. The highest BCUT2D eigenvalue weighted by atomic mass is 79.9. The van der Waals surface area contributed by atoms with Crippen molar-refractivity contribution in [2.75, 3.05) is 11.9 Å². The minimum atomic E-state index is -0.225. The molecule has 1 atom stereocenters. The summed E-state index contributed by atoms with van der Waals surface area (Å²) in [6.07, 6.45) is 2.59. The second-order valence-corrected chi connectivity index (χ2v) is 4.37. The molecule has 1 amide bonds. The highest BCUT2D eigenvalue weighted by Crippen LogP contribution is 2.16. The predicted molar refractivity (Wildman–Crippen MR) is 62.2 cm³/mol. The fourth-order valence-corrected chi connectivity index (χ4v) is 1.86. The van der Waals surface area contributed by atoms with Crippen LogP contribution in [0.1, 0.15) is 12.8 Å². The smallest absolute Gasteiger partial charge is 0.267 e. The fourth-order valence-electron chi connectivity index (χ4n) is 1.53. The van der Waals surface area contributed by atoms with Crippen molar-refractivity contribution in [2.45, 2.75) is 18.9 Å². The van der Waals surface area contributed by atoms with Gasteiger partial charge in [0.05, 0.1) is 6.33 Å². The lowest BCUT2D eigenvalue weighted by Gasteiger charge is -2.24. The van der Waals surface area contributed by atoms with Crippen molar-refractivity contribution in [3.63, 3.8) is 0 Å². The van der Waals surface area contributed by atoms with Crippen molar-refractivity contribution in [1.82, 2.24) is 15.3 Å². The van der Waals surface area contributed by atoms with Gasteiger partial charge >= 0.3 is 0 Å². The van der Waals surface area contributed by atoms with Gasteiger partial charge in [0, 0.05) is 19.0 Å². The van der Waals surface area contributed by atoms with Crippen LogP contribution >= 0.6 is 15.9 Å². The number of hydrogen-bond donors (Lipinski definition) is 3. The average molecular weight is 287 g/mol. The molecule has 1 fully saturated rings. The van der Waals surface area contributed by atoms with E-state index in [-0.39, 0.29) is 17.5 Å². The molecule has 16 heavy (non-hydrogen) atoms. The van der Waals surface area contributed by atoms with Crippen LogP contribution in [-0.2, 0) is 4.79 Å². The van der Waals surface area contributed by atoms with Crippen LogP contribution in [0.5, 0.6) is 0 Å². The number of amides is 1. The zero-order chi connectivity index (χ0) is 11.5. The minimum absolute atomic E-state index is 0.0657. The number of anilines is 1. The summed E-state index contributed by atoms with van der Waals surface area (Å²) in [4.78, 5) is 28.7. The van der Waals surface area contributed by atoms with Crippen LogP contribution in [0.2, 0.25) is 0 Å². The van der Waals surface area contributed by atoms with Crippen LogP contribution in [0.3, 0.4) is 0 Å². The van der Waals surface area contributed by atoms with Gasteiger partial charge in [0.25, 0.3) is 5.56 Å². The largest absolute Gasteiger partial charge is 0.364 e. The molecule has 0 radical (unpaired) electrons. The van der Waals surface area contributed by atoms with E-state index < -0.39 is 0 Å². The quantitative estimate of drug-likeness (QED) is 0.726. The summed E-state index contributed by atoms with van der Waals surface area (Å²) in [5.41, 5.74) is -0.225. The zero-order valence-electron chi connectivity index (χ0n) is 8.42. The normalized spacial score (nSPS) is 20.3. The maximum atomic E-state index is 11.3. The monoisotopic (exact) mass is 286 g/mol. The van der Waals surface area contributed by atoms with Crippen molar-refractivity contribution >= 4 is 27.7 Å². The van der Waals surface area contributed by atoms with Gasteiger partial charge in [-0.25, -0.2) is 4.98 Å². The van der Waals surface area contributed by atoms with Gasteiger partial charge in [0.2, 0.25) is 5.91 Å². The standard InChI is InChI=1S/C9H11BrN4O2/c10-7-8(12-4-13-9(7)16)14-5-1-2-6(15)11-3-5/h4-5H,1-3H2,(H,11,15)(H2,12,13,14,16). The summed E-state index contributed by atoms with van der Waals surface area (Å²) < 4.78 is 0.381. The number of carbonyl (C=O) groups excluding carboxylic acids is 1. The molecule has 0 bridgehead atoms. The lowest BCUT2D eigenvalue weighted by atomic mass is 10.1. The second-order valence-electron chi connectivity index (χ2n) is 3.58. The van der Waals surface area contributed by atoms with Gasteiger partial charge in [0.15, 0.2) is 0 Å². The highest BCUT2D eigenvalue weighted by Gasteiger charge is 2.19. The topological polar surface area (TPSA) is 86.9 Å². The third kappa shape index (κ3) is 2.41. The lowest BCUT2D eigenvalue weighted by molar-refractivity contribution is -0.122. The molecule has 1 aromatic heterocycles. The van der Waals surface area contributed by atoms with Crippen molar-refractivity contribution < 1.29 is 4.79 Å². The molecule has 1 saturated heterocycles. The van der Waals surface area contributed by atoms with E-state index in [1.165, 1.54) is 6.33 Å². The first-order valence-corrected chi connectivity index (χ1v) is 5.72. The predicted octanol–water partition coefficient (Wildman–Crippen LogP) is 0.223. The number of hydrogen-bond acceptors (Lipinski definition) is 4. The molecular formula is C9H11BrN4O2. The van der Waals surface area contributed by atoms with E-state index in [1.807, 2.05) is 0 Å². The Kier molecular flexibility index (Phi) is 3.23. The van der Waals surface area contributed by atoms with E-state index in [0.717, 1.165) is 6.42 Å². The minimum Gasteiger partial charge on any atom is -0.364 e. The maximum absolute atomic E-state index is 11.3. The Bertz CT molecular complexity index is 449. The molecule has 1 aliphatic rings. The van der Waals surface area contributed by atoms with Gasteiger partial charge in [-0.15, -0.1) is 0 Å². The summed E-state index contributed by atoms with van der Waals surface area (Å²) in [7, 11) is 0. The molecule has 0 spiro atoms. The van der Waals surface area contributed by atoms with Gasteiger partial charge in [0.1, 0.15) is 10.3 Å². The fraction of sp³-hybridized carbons (Fsp3) is 0.444. The first-order chi connectivity index (χ1) is 7.66. The second kappa shape index (κ2) is 4.65. The molecular weight excluding hydrogens is 276 g/mol. The summed E-state index contributed by atoms with van der Waals surface area (Å²) >= 11 is 3.16. The van der Waals surface area contributed by atoms with Gasteiger partial charge in [-0.2, -0.15) is 0 Å². The molecule has 2 heterocycles. The Morgan fingerprint density at radius 1 is 1.50 bits per heavy atom. The molecule has 86 valence electrons. The third-order valence-corrected chi connectivity index (χ3v) is 3.14. The number of halogens is 1. The number of rotatable bonds is 2. The van der Waals surface area contributed by atoms with Gasteiger partial charge in [-0.3, -0.25) is 9.59 Å². The van der Waals surface area contributed by atoms with Crippen LogP contribution in [0.4, 0.5) is 5.82 Å². The number of carbonyl (C=O) groups is 1.